The van der Waals surface area contributed by atoms with Crippen LogP contribution in [0.5, 0.6) is 5.75 Å². The van der Waals surface area contributed by atoms with Crippen molar-refractivity contribution in [2.75, 3.05) is 40.3 Å². The lowest BCUT2D eigenvalue weighted by Crippen LogP contribution is -2.65. The summed E-state index contributed by atoms with van der Waals surface area (Å²) in [7, 11) is 3.75. The Bertz CT molecular complexity index is 855. The van der Waals surface area contributed by atoms with Gasteiger partial charge < -0.3 is 25.0 Å². The molecule has 2 heterocycles. The number of piperazine rings is 1. The summed E-state index contributed by atoms with van der Waals surface area (Å²) in [5, 5.41) is 16.9. The van der Waals surface area contributed by atoms with Crippen molar-refractivity contribution >= 4 is 23.3 Å². The van der Waals surface area contributed by atoms with Crippen molar-refractivity contribution in [1.29, 1.82) is 0 Å². The van der Waals surface area contributed by atoms with Crippen molar-refractivity contribution in [2.24, 2.45) is 10.9 Å². The predicted octanol–water partition coefficient (Wildman–Crippen LogP) is 2.57. The van der Waals surface area contributed by atoms with Crippen molar-refractivity contribution < 1.29 is 14.6 Å². The van der Waals surface area contributed by atoms with Crippen LogP contribution in [0.3, 0.4) is 0 Å². The summed E-state index contributed by atoms with van der Waals surface area (Å²) in [6.45, 7) is 8.60. The largest absolute Gasteiger partial charge is 0.497 e. The highest BCUT2D eigenvalue weighted by Gasteiger charge is 2.47. The molecule has 0 saturated carbocycles. The second-order valence-electron chi connectivity index (χ2n) is 9.94. The van der Waals surface area contributed by atoms with E-state index in [-0.39, 0.29) is 24.3 Å². The molecule has 1 aromatic carbocycles. The Morgan fingerprint density at radius 2 is 2.06 bits per heavy atom. The average molecular weight is 494 g/mol. The van der Waals surface area contributed by atoms with E-state index >= 15 is 0 Å². The first-order valence-corrected chi connectivity index (χ1v) is 12.6. The number of aliphatic hydroxyl groups excluding tert-OH is 1. The SMILES string of the molecule is COc1cccc(C2N(CC(O)NC(C)C)C(=O)C(=NCCC3CCN(C)CC3)NC2(C)Cl)c1. The first kappa shape index (κ1) is 26.7. The highest BCUT2D eigenvalue weighted by molar-refractivity contribution is 6.41. The molecule has 1 amide bonds. The van der Waals surface area contributed by atoms with Gasteiger partial charge >= 0.3 is 0 Å². The number of nitrogens with zero attached hydrogens (tertiary/aromatic N) is 3. The molecule has 0 bridgehead atoms. The van der Waals surface area contributed by atoms with Gasteiger partial charge in [-0.2, -0.15) is 0 Å². The number of carbonyl (C=O) groups is 1. The molecule has 3 rings (SSSR count). The quantitative estimate of drug-likeness (QED) is 0.278. The van der Waals surface area contributed by atoms with Gasteiger partial charge in [-0.25, -0.2) is 0 Å². The van der Waals surface area contributed by atoms with Crippen LogP contribution in [0, 0.1) is 5.92 Å². The van der Waals surface area contributed by atoms with Gasteiger partial charge in [0.25, 0.3) is 5.91 Å². The van der Waals surface area contributed by atoms with E-state index in [1.165, 1.54) is 0 Å². The number of amidine groups is 1. The summed E-state index contributed by atoms with van der Waals surface area (Å²) >= 11 is 7.02. The number of alkyl halides is 1. The molecule has 3 unspecified atom stereocenters. The van der Waals surface area contributed by atoms with Crippen LogP contribution in [-0.4, -0.2) is 84.3 Å². The first-order chi connectivity index (χ1) is 16.1. The maximum absolute atomic E-state index is 13.6. The second kappa shape index (κ2) is 11.7. The molecule has 2 aliphatic rings. The van der Waals surface area contributed by atoms with Crippen LogP contribution in [-0.2, 0) is 4.79 Å². The monoisotopic (exact) mass is 493 g/mol. The lowest BCUT2D eigenvalue weighted by atomic mass is 9.93. The first-order valence-electron chi connectivity index (χ1n) is 12.2. The molecule has 2 saturated heterocycles. The maximum Gasteiger partial charge on any atom is 0.289 e. The number of benzene rings is 1. The Morgan fingerprint density at radius 1 is 1.35 bits per heavy atom. The number of rotatable bonds is 9. The Kier molecular flexibility index (Phi) is 9.20. The van der Waals surface area contributed by atoms with Crippen LogP contribution >= 0.6 is 11.6 Å². The summed E-state index contributed by atoms with van der Waals surface area (Å²) in [6.07, 6.45) is 2.37. The van der Waals surface area contributed by atoms with E-state index in [1.807, 2.05) is 45.0 Å². The van der Waals surface area contributed by atoms with Crippen LogP contribution in [0.1, 0.15) is 51.6 Å². The number of piperidine rings is 1. The zero-order valence-corrected chi connectivity index (χ0v) is 21.8. The predicted molar refractivity (Wildman–Crippen MR) is 136 cm³/mol. The summed E-state index contributed by atoms with van der Waals surface area (Å²) in [5.74, 6) is 1.29. The highest BCUT2D eigenvalue weighted by Crippen LogP contribution is 2.39. The minimum atomic E-state index is -1.02. The van der Waals surface area contributed by atoms with Gasteiger partial charge in [-0.1, -0.05) is 23.7 Å². The highest BCUT2D eigenvalue weighted by atomic mass is 35.5. The van der Waals surface area contributed by atoms with Crippen molar-refractivity contribution in [3.05, 3.63) is 29.8 Å². The molecule has 8 nitrogen and oxygen atoms in total. The summed E-state index contributed by atoms with van der Waals surface area (Å²) in [5.41, 5.74) is 0.819. The fraction of sp³-hybridized carbons (Fsp3) is 0.680. The van der Waals surface area contributed by atoms with Crippen LogP contribution < -0.4 is 15.4 Å². The lowest BCUT2D eigenvalue weighted by molar-refractivity contribution is -0.131. The summed E-state index contributed by atoms with van der Waals surface area (Å²) in [6, 6.07) is 7.04. The van der Waals surface area contributed by atoms with Gasteiger partial charge in [-0.15, -0.1) is 0 Å². The number of aliphatic imine (C=N–C) groups is 1. The number of likely N-dealkylation sites (tertiary alicyclic amines) is 1. The smallest absolute Gasteiger partial charge is 0.289 e. The van der Waals surface area contributed by atoms with Crippen LogP contribution in [0.25, 0.3) is 0 Å². The van der Waals surface area contributed by atoms with E-state index in [9.17, 15) is 9.90 Å². The van der Waals surface area contributed by atoms with Crippen LogP contribution in [0.15, 0.2) is 29.3 Å². The lowest BCUT2D eigenvalue weighted by Gasteiger charge is -2.46. The van der Waals surface area contributed by atoms with Gasteiger partial charge in [0.2, 0.25) is 0 Å². The van der Waals surface area contributed by atoms with E-state index in [1.54, 1.807) is 12.0 Å². The van der Waals surface area contributed by atoms with Gasteiger partial charge in [-0.05, 0) is 83.8 Å². The second-order valence-corrected chi connectivity index (χ2v) is 10.7. The Labute approximate surface area is 208 Å². The van der Waals surface area contributed by atoms with Crippen molar-refractivity contribution in [2.45, 2.75) is 63.3 Å². The van der Waals surface area contributed by atoms with Gasteiger partial charge in [-0.3, -0.25) is 15.1 Å². The third-order valence-electron chi connectivity index (χ3n) is 6.60. The van der Waals surface area contributed by atoms with Crippen molar-refractivity contribution in [1.82, 2.24) is 20.4 Å². The number of amides is 1. The van der Waals surface area contributed by atoms with E-state index < -0.39 is 17.3 Å². The Balaban J connectivity index is 1.83. The number of nitrogens with one attached hydrogen (secondary N) is 2. The number of aliphatic hydroxyl groups is 1. The molecule has 1 aromatic rings. The number of β-amino-alcohol motifs (C(OH)–C–C–N with tert-alkyl or cyclic N) is 1. The fourth-order valence-corrected chi connectivity index (χ4v) is 5.17. The van der Waals surface area contributed by atoms with E-state index in [2.05, 4.69) is 27.6 Å². The van der Waals surface area contributed by atoms with Gasteiger partial charge in [0.15, 0.2) is 5.84 Å². The van der Waals surface area contributed by atoms with Gasteiger partial charge in [0.1, 0.15) is 17.0 Å². The van der Waals surface area contributed by atoms with E-state index in [0.717, 1.165) is 37.9 Å². The number of halogens is 1. The fourth-order valence-electron chi connectivity index (χ4n) is 4.83. The third kappa shape index (κ3) is 6.84. The minimum Gasteiger partial charge on any atom is -0.497 e. The summed E-state index contributed by atoms with van der Waals surface area (Å²) in [4.78, 5) is 21.2. The number of hydrogen-bond donors (Lipinski definition) is 3. The molecular formula is C25H40ClN5O3. The van der Waals surface area contributed by atoms with Gasteiger partial charge in [0.05, 0.1) is 19.7 Å². The molecule has 0 spiro atoms. The Hall–Kier alpha value is -1.87. The van der Waals surface area contributed by atoms with Crippen molar-refractivity contribution in [3.8, 4) is 5.75 Å². The number of methoxy groups -OCH3 is 1. The average Bonchev–Trinajstić information content (AvgIpc) is 2.77. The standard InChI is InChI=1S/C25H40ClN5O3/c1-17(2)28-21(32)16-31-22(19-7-6-8-20(15-19)34-5)25(3,26)29-23(24(31)33)27-12-9-18-10-13-30(4)14-11-18/h6-8,15,17-18,21-22,28,32H,9-14,16H2,1-5H3,(H,27,29). The van der Waals surface area contributed by atoms with Gasteiger partial charge in [0, 0.05) is 12.6 Å². The molecule has 2 aliphatic heterocycles. The number of hydrogen-bond acceptors (Lipinski definition) is 6. The molecular weight excluding hydrogens is 454 g/mol. The number of ether oxygens (including phenoxy) is 1. The zero-order valence-electron chi connectivity index (χ0n) is 21.1. The molecule has 190 valence electrons. The third-order valence-corrected chi connectivity index (χ3v) is 6.90. The molecule has 34 heavy (non-hydrogen) atoms. The zero-order chi connectivity index (χ0) is 24.9. The van der Waals surface area contributed by atoms with E-state index in [4.69, 9.17) is 16.3 Å². The van der Waals surface area contributed by atoms with Crippen molar-refractivity contribution in [3.63, 3.8) is 0 Å². The van der Waals surface area contributed by atoms with Crippen LogP contribution in [0.2, 0.25) is 0 Å². The van der Waals surface area contributed by atoms with Crippen LogP contribution in [0.4, 0.5) is 0 Å². The molecule has 9 heteroatoms. The number of carbonyl (C=O) groups excluding carboxylic acids is 1. The molecule has 0 aliphatic carbocycles. The minimum absolute atomic E-state index is 0.0633. The topological polar surface area (TPSA) is 89.4 Å². The molecule has 3 N–H and O–H groups in total. The Morgan fingerprint density at radius 3 is 2.71 bits per heavy atom. The normalized spacial score (nSPS) is 26.7. The molecule has 0 radical (unpaired) electrons. The summed E-state index contributed by atoms with van der Waals surface area (Å²) < 4.78 is 5.39. The van der Waals surface area contributed by atoms with E-state index in [0.29, 0.717) is 18.2 Å². The molecule has 3 atom stereocenters. The molecule has 2 fully saturated rings. The molecule has 0 aromatic heterocycles. The maximum atomic E-state index is 13.6.